The third kappa shape index (κ3) is 5.40. The summed E-state index contributed by atoms with van der Waals surface area (Å²) in [5.74, 6) is 0.579. The largest absolute Gasteiger partial charge is 0.344 e. The number of aromatic nitrogens is 2. The molecule has 0 radical (unpaired) electrons. The Hall–Kier alpha value is -2.82. The number of hydrogen-bond donors (Lipinski definition) is 1. The van der Waals surface area contributed by atoms with Gasteiger partial charge in [0.05, 0.1) is 4.90 Å². The first-order valence-electron chi connectivity index (χ1n) is 10.7. The lowest BCUT2D eigenvalue weighted by atomic mass is 10.1. The molecule has 0 saturated carbocycles. The molecule has 0 bridgehead atoms. The van der Waals surface area contributed by atoms with Crippen molar-refractivity contribution in [1.29, 1.82) is 0 Å². The van der Waals surface area contributed by atoms with Gasteiger partial charge in [0.25, 0.3) is 0 Å². The second kappa shape index (κ2) is 9.58. The van der Waals surface area contributed by atoms with Gasteiger partial charge >= 0.3 is 0 Å². The van der Waals surface area contributed by atoms with Crippen LogP contribution in [-0.4, -0.2) is 53.7 Å². The van der Waals surface area contributed by atoms with Crippen LogP contribution < -0.4 is 10.2 Å². The molecule has 10 heteroatoms. The molecular formula is C23H27N5O3S2. The normalized spacial score (nSPS) is 17.2. The summed E-state index contributed by atoms with van der Waals surface area (Å²) in [5.41, 5.74) is 2.95. The Kier molecular flexibility index (Phi) is 6.78. The Labute approximate surface area is 198 Å². The molecule has 1 aliphatic rings. The molecule has 1 unspecified atom stereocenters. The van der Waals surface area contributed by atoms with Crippen molar-refractivity contribution in [3.8, 4) is 0 Å². The van der Waals surface area contributed by atoms with E-state index in [1.54, 1.807) is 12.1 Å². The smallest absolute Gasteiger partial charge is 0.243 e. The zero-order valence-corrected chi connectivity index (χ0v) is 20.5. The molecule has 1 saturated heterocycles. The number of anilines is 2. The van der Waals surface area contributed by atoms with Crippen molar-refractivity contribution >= 4 is 38.3 Å². The number of amides is 1. The fourth-order valence-electron chi connectivity index (χ4n) is 3.85. The number of carbonyl (C=O) groups is 1. The predicted molar refractivity (Wildman–Crippen MR) is 130 cm³/mol. The predicted octanol–water partition coefficient (Wildman–Crippen LogP) is 3.30. The molecule has 1 atom stereocenters. The molecule has 33 heavy (non-hydrogen) atoms. The molecule has 174 valence electrons. The van der Waals surface area contributed by atoms with Crippen LogP contribution in [0.15, 0.2) is 53.4 Å². The average molecular weight is 486 g/mol. The summed E-state index contributed by atoms with van der Waals surface area (Å²) < 4.78 is 32.4. The van der Waals surface area contributed by atoms with E-state index in [0.717, 1.165) is 11.0 Å². The van der Waals surface area contributed by atoms with E-state index in [0.29, 0.717) is 31.7 Å². The number of aryl methyl sites for hydroxylation is 1. The summed E-state index contributed by atoms with van der Waals surface area (Å²) in [5, 5.41) is 3.47. The van der Waals surface area contributed by atoms with Gasteiger partial charge in [-0.25, -0.2) is 13.4 Å². The number of carbonyl (C=O) groups excluding carboxylic acids is 1. The Bertz CT molecular complexity index is 1220. The van der Waals surface area contributed by atoms with Crippen LogP contribution >= 0.6 is 11.5 Å². The monoisotopic (exact) mass is 485 g/mol. The van der Waals surface area contributed by atoms with Crippen LogP contribution in [0.25, 0.3) is 0 Å². The standard InChI is InChI=1S/C23H27N5O3S2/c1-16-4-6-19(7-5-16)14-22-25-23(32-26-22)27-12-13-28(17(2)15-27)33(30,31)21-10-8-20(9-11-21)24-18(3)29/h4-11,17H,12-15H2,1-3H3,(H,24,29). The van der Waals surface area contributed by atoms with E-state index in [-0.39, 0.29) is 16.8 Å². The van der Waals surface area contributed by atoms with Gasteiger partial charge in [0.1, 0.15) is 5.82 Å². The van der Waals surface area contributed by atoms with Gasteiger partial charge in [0.15, 0.2) is 0 Å². The van der Waals surface area contributed by atoms with Crippen LogP contribution in [0.5, 0.6) is 0 Å². The van der Waals surface area contributed by atoms with Crippen molar-refractivity contribution < 1.29 is 13.2 Å². The zero-order valence-electron chi connectivity index (χ0n) is 18.9. The highest BCUT2D eigenvalue weighted by molar-refractivity contribution is 7.89. The van der Waals surface area contributed by atoms with E-state index in [4.69, 9.17) is 4.98 Å². The van der Waals surface area contributed by atoms with Gasteiger partial charge in [-0.2, -0.15) is 8.68 Å². The fraction of sp³-hybridized carbons (Fsp3) is 0.348. The van der Waals surface area contributed by atoms with Gasteiger partial charge in [-0.05, 0) is 43.7 Å². The molecule has 1 fully saturated rings. The van der Waals surface area contributed by atoms with Crippen molar-refractivity contribution in [1.82, 2.24) is 13.7 Å². The Morgan fingerprint density at radius 3 is 2.45 bits per heavy atom. The van der Waals surface area contributed by atoms with Crippen LogP contribution in [0.3, 0.4) is 0 Å². The van der Waals surface area contributed by atoms with Crippen molar-refractivity contribution in [2.45, 2.75) is 38.1 Å². The van der Waals surface area contributed by atoms with E-state index in [2.05, 4.69) is 45.8 Å². The van der Waals surface area contributed by atoms with E-state index >= 15 is 0 Å². The maximum atomic E-state index is 13.2. The molecule has 2 heterocycles. The number of benzene rings is 2. The second-order valence-electron chi connectivity index (χ2n) is 8.27. The lowest BCUT2D eigenvalue weighted by molar-refractivity contribution is -0.114. The number of rotatable bonds is 6. The minimum absolute atomic E-state index is 0.200. The SMILES string of the molecule is CC(=O)Nc1ccc(S(=O)(=O)N2CCN(c3nc(Cc4ccc(C)cc4)ns3)CC2C)cc1. The first-order valence-corrected chi connectivity index (χ1v) is 13.0. The van der Waals surface area contributed by atoms with Crippen LogP contribution in [0.4, 0.5) is 10.8 Å². The van der Waals surface area contributed by atoms with Gasteiger partial charge in [-0.3, -0.25) is 4.79 Å². The van der Waals surface area contributed by atoms with E-state index < -0.39 is 10.0 Å². The molecule has 1 aromatic heterocycles. The number of sulfonamides is 1. The summed E-state index contributed by atoms with van der Waals surface area (Å²) in [6.45, 7) is 6.84. The van der Waals surface area contributed by atoms with Gasteiger partial charge < -0.3 is 10.2 Å². The van der Waals surface area contributed by atoms with E-state index in [9.17, 15) is 13.2 Å². The number of nitrogens with zero attached hydrogens (tertiary/aromatic N) is 4. The molecule has 1 aliphatic heterocycles. The summed E-state index contributed by atoms with van der Waals surface area (Å²) in [7, 11) is -3.64. The highest BCUT2D eigenvalue weighted by atomic mass is 32.2. The quantitative estimate of drug-likeness (QED) is 0.576. The molecular weight excluding hydrogens is 458 g/mol. The van der Waals surface area contributed by atoms with Crippen LogP contribution in [0, 0.1) is 6.92 Å². The maximum absolute atomic E-state index is 13.2. The molecule has 1 N–H and O–H groups in total. The van der Waals surface area contributed by atoms with Crippen molar-refractivity contribution in [2.24, 2.45) is 0 Å². The summed E-state index contributed by atoms with van der Waals surface area (Å²) in [6, 6.07) is 14.4. The first-order chi connectivity index (χ1) is 15.7. The lowest BCUT2D eigenvalue weighted by Gasteiger charge is -2.38. The Morgan fingerprint density at radius 1 is 1.12 bits per heavy atom. The van der Waals surface area contributed by atoms with Crippen molar-refractivity contribution in [2.75, 3.05) is 29.9 Å². The van der Waals surface area contributed by atoms with Crippen LogP contribution in [0.2, 0.25) is 0 Å². The topological polar surface area (TPSA) is 95.5 Å². The van der Waals surface area contributed by atoms with E-state index in [1.165, 1.54) is 46.0 Å². The summed E-state index contributed by atoms with van der Waals surface area (Å²) >= 11 is 1.35. The van der Waals surface area contributed by atoms with Crippen molar-refractivity contribution in [3.63, 3.8) is 0 Å². The van der Waals surface area contributed by atoms with Gasteiger partial charge in [-0.15, -0.1) is 0 Å². The Morgan fingerprint density at radius 2 is 1.82 bits per heavy atom. The molecule has 3 aromatic rings. The zero-order chi connectivity index (χ0) is 23.6. The van der Waals surface area contributed by atoms with Gasteiger partial charge in [0, 0.05) is 56.2 Å². The maximum Gasteiger partial charge on any atom is 0.243 e. The minimum atomic E-state index is -3.64. The summed E-state index contributed by atoms with van der Waals surface area (Å²) in [4.78, 5) is 18.2. The third-order valence-corrected chi connectivity index (χ3v) is 8.40. The average Bonchev–Trinajstić information content (AvgIpc) is 3.23. The highest BCUT2D eigenvalue weighted by Crippen LogP contribution is 2.27. The van der Waals surface area contributed by atoms with Gasteiger partial charge in [0.2, 0.25) is 21.1 Å². The third-order valence-electron chi connectivity index (χ3n) is 5.56. The molecule has 1 amide bonds. The molecule has 2 aromatic carbocycles. The molecule has 4 rings (SSSR count). The number of hydrogen-bond acceptors (Lipinski definition) is 7. The van der Waals surface area contributed by atoms with Crippen LogP contribution in [-0.2, 0) is 21.2 Å². The number of piperazine rings is 1. The fourth-order valence-corrected chi connectivity index (χ4v) is 6.19. The van der Waals surface area contributed by atoms with Crippen molar-refractivity contribution in [3.05, 3.63) is 65.5 Å². The minimum Gasteiger partial charge on any atom is -0.344 e. The highest BCUT2D eigenvalue weighted by Gasteiger charge is 2.34. The first kappa shape index (κ1) is 23.3. The lowest BCUT2D eigenvalue weighted by Crippen LogP contribution is -2.54. The number of nitrogens with one attached hydrogen (secondary N) is 1. The molecule has 0 aliphatic carbocycles. The van der Waals surface area contributed by atoms with E-state index in [1.807, 2.05) is 6.92 Å². The molecule has 0 spiro atoms. The van der Waals surface area contributed by atoms with Gasteiger partial charge in [-0.1, -0.05) is 29.8 Å². The summed E-state index contributed by atoms with van der Waals surface area (Å²) in [6.07, 6.45) is 0.676. The second-order valence-corrected chi connectivity index (χ2v) is 10.9. The molecule has 8 nitrogen and oxygen atoms in total. The van der Waals surface area contributed by atoms with Crippen LogP contribution in [0.1, 0.15) is 30.8 Å². The Balaban J connectivity index is 1.41.